The highest BCUT2D eigenvalue weighted by atomic mass is 32.2. The van der Waals surface area contributed by atoms with Crippen LogP contribution in [0.25, 0.3) is 0 Å². The van der Waals surface area contributed by atoms with Crippen molar-refractivity contribution < 1.29 is 13.2 Å². The fourth-order valence-electron chi connectivity index (χ4n) is 2.46. The normalized spacial score (nSPS) is 17.1. The lowest BCUT2D eigenvalue weighted by Crippen LogP contribution is -2.47. The fraction of sp³-hybridized carbons (Fsp3) is 0.562. The van der Waals surface area contributed by atoms with Gasteiger partial charge >= 0.3 is 0 Å². The molecule has 1 N–H and O–H groups in total. The number of likely N-dealkylation sites (N-methyl/N-ethyl adjacent to an activating group) is 1. The molecule has 0 bridgehead atoms. The van der Waals surface area contributed by atoms with Crippen LogP contribution in [0.15, 0.2) is 24.3 Å². The fourth-order valence-corrected chi connectivity index (χ4v) is 3.98. The van der Waals surface area contributed by atoms with Gasteiger partial charge in [-0.15, -0.1) is 0 Å². The highest BCUT2D eigenvalue weighted by Gasteiger charge is 2.25. The van der Waals surface area contributed by atoms with E-state index in [1.54, 1.807) is 28.6 Å². The molecule has 1 aliphatic heterocycles. The van der Waals surface area contributed by atoms with Crippen molar-refractivity contribution in [3.8, 4) is 0 Å². The summed E-state index contributed by atoms with van der Waals surface area (Å²) in [5.74, 6) is -0.145. The highest BCUT2D eigenvalue weighted by Crippen LogP contribution is 2.14. The van der Waals surface area contributed by atoms with Gasteiger partial charge in [-0.05, 0) is 31.2 Å². The summed E-state index contributed by atoms with van der Waals surface area (Å²) in [6, 6.07) is 6.79. The van der Waals surface area contributed by atoms with Gasteiger partial charge in [0.05, 0.1) is 5.75 Å². The Balaban J connectivity index is 1.98. The molecule has 0 aromatic heterocycles. The number of hydrogen-bond donors (Lipinski definition) is 1. The van der Waals surface area contributed by atoms with Gasteiger partial charge in [0.25, 0.3) is 5.91 Å². The molecule has 0 radical (unpaired) electrons. The lowest BCUT2D eigenvalue weighted by atomic mass is 10.1. The molecule has 2 rings (SSSR count). The molecule has 1 aromatic carbocycles. The van der Waals surface area contributed by atoms with Crippen LogP contribution in [0, 0.1) is 0 Å². The van der Waals surface area contributed by atoms with Gasteiger partial charge in [0.2, 0.25) is 10.0 Å². The molecular formula is C16H25N3O3S. The van der Waals surface area contributed by atoms with Gasteiger partial charge in [0.1, 0.15) is 0 Å². The molecule has 1 aromatic rings. The first kappa shape index (κ1) is 17.9. The summed E-state index contributed by atoms with van der Waals surface area (Å²) in [5, 5.41) is 2.80. The quantitative estimate of drug-likeness (QED) is 0.836. The number of piperazine rings is 1. The number of nitrogens with zero attached hydrogens (tertiary/aromatic N) is 2. The molecule has 0 aliphatic carbocycles. The van der Waals surface area contributed by atoms with Crippen LogP contribution in [0.3, 0.4) is 0 Å². The van der Waals surface area contributed by atoms with Crippen molar-refractivity contribution in [2.24, 2.45) is 0 Å². The van der Waals surface area contributed by atoms with Crippen LogP contribution in [0.4, 0.5) is 0 Å². The largest absolute Gasteiger partial charge is 0.352 e. The van der Waals surface area contributed by atoms with E-state index in [9.17, 15) is 13.2 Å². The molecule has 1 amide bonds. The Bertz CT molecular complexity index is 620. The number of carbonyl (C=O) groups excluding carboxylic acids is 1. The maximum absolute atomic E-state index is 12.4. The van der Waals surface area contributed by atoms with Crippen molar-refractivity contribution in [2.45, 2.75) is 19.1 Å². The lowest BCUT2D eigenvalue weighted by molar-refractivity contribution is 0.0953. The smallest absolute Gasteiger partial charge is 0.251 e. The van der Waals surface area contributed by atoms with Crippen molar-refractivity contribution in [1.82, 2.24) is 14.5 Å². The molecular weight excluding hydrogens is 314 g/mol. The Morgan fingerprint density at radius 1 is 1.13 bits per heavy atom. The van der Waals surface area contributed by atoms with Gasteiger partial charge < -0.3 is 10.2 Å². The first-order chi connectivity index (χ1) is 10.9. The number of amides is 1. The highest BCUT2D eigenvalue weighted by molar-refractivity contribution is 7.88. The van der Waals surface area contributed by atoms with Crippen LogP contribution < -0.4 is 5.32 Å². The molecule has 0 atom stereocenters. The average Bonchev–Trinajstić information content (AvgIpc) is 2.53. The van der Waals surface area contributed by atoms with E-state index < -0.39 is 10.0 Å². The van der Waals surface area contributed by atoms with Crippen molar-refractivity contribution in [3.05, 3.63) is 35.4 Å². The molecule has 128 valence electrons. The molecule has 0 unspecified atom stereocenters. The molecule has 1 heterocycles. The average molecular weight is 339 g/mol. The van der Waals surface area contributed by atoms with E-state index in [4.69, 9.17) is 0 Å². The molecule has 23 heavy (non-hydrogen) atoms. The van der Waals surface area contributed by atoms with Gasteiger partial charge in [0.15, 0.2) is 0 Å². The van der Waals surface area contributed by atoms with Gasteiger partial charge in [0, 0.05) is 38.3 Å². The maximum atomic E-state index is 12.4. The minimum absolute atomic E-state index is 0.0203. The first-order valence-corrected chi connectivity index (χ1v) is 9.57. The topological polar surface area (TPSA) is 69.7 Å². The predicted molar refractivity (Wildman–Crippen MR) is 90.8 cm³/mol. The minimum atomic E-state index is -3.30. The third-order valence-corrected chi connectivity index (χ3v) is 5.81. The second-order valence-electron chi connectivity index (χ2n) is 5.91. The van der Waals surface area contributed by atoms with Crippen LogP contribution >= 0.6 is 0 Å². The van der Waals surface area contributed by atoms with Gasteiger partial charge in [-0.2, -0.15) is 4.31 Å². The summed E-state index contributed by atoms with van der Waals surface area (Å²) >= 11 is 0. The molecule has 7 heteroatoms. The zero-order chi connectivity index (χ0) is 16.9. The van der Waals surface area contributed by atoms with Crippen molar-refractivity contribution in [2.75, 3.05) is 39.8 Å². The first-order valence-electron chi connectivity index (χ1n) is 7.96. The van der Waals surface area contributed by atoms with Crippen molar-refractivity contribution in [3.63, 3.8) is 0 Å². The van der Waals surface area contributed by atoms with Crippen LogP contribution in [-0.2, 0) is 15.8 Å². The van der Waals surface area contributed by atoms with E-state index in [2.05, 4.69) is 10.2 Å². The molecule has 6 nitrogen and oxygen atoms in total. The summed E-state index contributed by atoms with van der Waals surface area (Å²) in [5.41, 5.74) is 1.26. The predicted octanol–water partition coefficient (Wildman–Crippen LogP) is 0.904. The van der Waals surface area contributed by atoms with Gasteiger partial charge in [-0.25, -0.2) is 8.42 Å². The second-order valence-corrected chi connectivity index (χ2v) is 7.88. The van der Waals surface area contributed by atoms with E-state index in [1.807, 2.05) is 14.0 Å². The number of carbonyl (C=O) groups is 1. The zero-order valence-electron chi connectivity index (χ0n) is 13.8. The zero-order valence-corrected chi connectivity index (χ0v) is 14.6. The van der Waals surface area contributed by atoms with Gasteiger partial charge in [-0.3, -0.25) is 4.79 Å². The van der Waals surface area contributed by atoms with Crippen molar-refractivity contribution in [1.29, 1.82) is 0 Å². The molecule has 1 fully saturated rings. The van der Waals surface area contributed by atoms with E-state index in [-0.39, 0.29) is 11.7 Å². The Morgan fingerprint density at radius 2 is 1.74 bits per heavy atom. The minimum Gasteiger partial charge on any atom is -0.352 e. The number of sulfonamides is 1. The Morgan fingerprint density at radius 3 is 2.30 bits per heavy atom. The molecule has 1 aliphatic rings. The Labute approximate surface area is 138 Å². The summed E-state index contributed by atoms with van der Waals surface area (Å²) in [7, 11) is -1.31. The van der Waals surface area contributed by atoms with Crippen LogP contribution in [0.1, 0.15) is 29.3 Å². The Kier molecular flexibility index (Phi) is 6.15. The summed E-state index contributed by atoms with van der Waals surface area (Å²) in [6.45, 7) is 5.23. The lowest BCUT2D eigenvalue weighted by Gasteiger charge is -2.31. The molecule has 0 saturated carbocycles. The van der Waals surface area contributed by atoms with E-state index in [1.165, 1.54) is 0 Å². The maximum Gasteiger partial charge on any atom is 0.251 e. The van der Waals surface area contributed by atoms with Crippen LogP contribution in [-0.4, -0.2) is 63.3 Å². The SMILES string of the molecule is CCCNC(=O)c1ccc(CS(=O)(=O)N2CCN(C)CC2)cc1. The second kappa shape index (κ2) is 7.90. The van der Waals surface area contributed by atoms with E-state index in [0.29, 0.717) is 30.8 Å². The number of nitrogens with one attached hydrogen (secondary N) is 1. The van der Waals surface area contributed by atoms with E-state index >= 15 is 0 Å². The molecule has 0 spiro atoms. The standard InChI is InChI=1S/C16H25N3O3S/c1-3-8-17-16(20)15-6-4-14(5-7-15)13-23(21,22)19-11-9-18(2)10-12-19/h4-7H,3,8-13H2,1-2H3,(H,17,20). The number of benzene rings is 1. The third kappa shape index (κ3) is 5.02. The summed E-state index contributed by atoms with van der Waals surface area (Å²) in [4.78, 5) is 14.0. The van der Waals surface area contributed by atoms with Crippen LogP contribution in [0.5, 0.6) is 0 Å². The summed E-state index contributed by atoms with van der Waals surface area (Å²) < 4.78 is 26.5. The monoisotopic (exact) mass is 339 g/mol. The Hall–Kier alpha value is -1.44. The van der Waals surface area contributed by atoms with Crippen LogP contribution in [0.2, 0.25) is 0 Å². The molecule has 1 saturated heterocycles. The summed E-state index contributed by atoms with van der Waals surface area (Å²) in [6.07, 6.45) is 0.882. The number of hydrogen-bond acceptors (Lipinski definition) is 4. The van der Waals surface area contributed by atoms with Crippen molar-refractivity contribution >= 4 is 15.9 Å². The third-order valence-electron chi connectivity index (χ3n) is 3.96. The van der Waals surface area contributed by atoms with E-state index in [0.717, 1.165) is 19.5 Å². The van der Waals surface area contributed by atoms with Gasteiger partial charge in [-0.1, -0.05) is 19.1 Å². The number of rotatable bonds is 6.